The quantitative estimate of drug-likeness (QED) is 0.877. The van der Waals surface area contributed by atoms with E-state index in [1.165, 1.54) is 0 Å². The van der Waals surface area contributed by atoms with E-state index in [0.717, 1.165) is 11.4 Å². The maximum Gasteiger partial charge on any atom is 0.319 e. The number of carbonyl (C=O) groups is 1. The topological polar surface area (TPSA) is 82.7 Å². The SMILES string of the molecule is CC[C@@H](CC#N)NC(=O)Nc1cnn(-c2cccc(Cl)c2)c1C. The first-order valence-electron chi connectivity index (χ1n) is 7.30. The molecule has 6 nitrogen and oxygen atoms in total. The van der Waals surface area contributed by atoms with Gasteiger partial charge in [0, 0.05) is 11.1 Å². The lowest BCUT2D eigenvalue weighted by Gasteiger charge is -2.14. The van der Waals surface area contributed by atoms with Gasteiger partial charge in [-0.2, -0.15) is 10.4 Å². The number of aromatic nitrogens is 2. The molecule has 1 heterocycles. The van der Waals surface area contributed by atoms with Crippen LogP contribution in [0, 0.1) is 18.3 Å². The first-order valence-corrected chi connectivity index (χ1v) is 7.68. The Hall–Kier alpha value is -2.52. The second-order valence-electron chi connectivity index (χ2n) is 5.10. The van der Waals surface area contributed by atoms with E-state index in [-0.39, 0.29) is 18.5 Å². The van der Waals surface area contributed by atoms with Gasteiger partial charge >= 0.3 is 6.03 Å². The molecule has 0 fully saturated rings. The monoisotopic (exact) mass is 331 g/mol. The number of amides is 2. The molecule has 2 amide bonds. The van der Waals surface area contributed by atoms with Gasteiger partial charge in [0.25, 0.3) is 0 Å². The lowest BCUT2D eigenvalue weighted by molar-refractivity contribution is 0.248. The molecule has 0 radical (unpaired) electrons. The third-order valence-electron chi connectivity index (χ3n) is 3.48. The smallest absolute Gasteiger partial charge is 0.319 e. The van der Waals surface area contributed by atoms with Crippen LogP contribution in [0.25, 0.3) is 5.69 Å². The zero-order valence-corrected chi connectivity index (χ0v) is 13.8. The predicted molar refractivity (Wildman–Crippen MR) is 89.8 cm³/mol. The highest BCUT2D eigenvalue weighted by Gasteiger charge is 2.14. The van der Waals surface area contributed by atoms with Crippen LogP contribution in [-0.4, -0.2) is 21.9 Å². The summed E-state index contributed by atoms with van der Waals surface area (Å²) >= 11 is 5.99. The van der Waals surface area contributed by atoms with Gasteiger partial charge in [0.05, 0.1) is 35.8 Å². The molecule has 0 saturated heterocycles. The normalized spacial score (nSPS) is 11.6. The molecule has 1 aromatic heterocycles. The van der Waals surface area contributed by atoms with Gasteiger partial charge in [0.15, 0.2) is 0 Å². The van der Waals surface area contributed by atoms with Crippen LogP contribution < -0.4 is 10.6 Å². The maximum atomic E-state index is 12.0. The fourth-order valence-electron chi connectivity index (χ4n) is 2.15. The van der Waals surface area contributed by atoms with E-state index in [2.05, 4.69) is 21.8 Å². The second-order valence-corrected chi connectivity index (χ2v) is 5.54. The zero-order valence-electron chi connectivity index (χ0n) is 13.0. The fourth-order valence-corrected chi connectivity index (χ4v) is 2.34. The van der Waals surface area contributed by atoms with E-state index in [9.17, 15) is 4.79 Å². The molecular formula is C16H18ClN5O. The van der Waals surface area contributed by atoms with Gasteiger partial charge in [-0.1, -0.05) is 24.6 Å². The minimum Gasteiger partial charge on any atom is -0.334 e. The third kappa shape index (κ3) is 4.24. The summed E-state index contributed by atoms with van der Waals surface area (Å²) in [6.45, 7) is 3.78. The Balaban J connectivity index is 2.11. The number of nitrogens with one attached hydrogen (secondary N) is 2. The second kappa shape index (κ2) is 7.65. The van der Waals surface area contributed by atoms with Crippen LogP contribution in [0.4, 0.5) is 10.5 Å². The Morgan fingerprint density at radius 1 is 1.52 bits per heavy atom. The summed E-state index contributed by atoms with van der Waals surface area (Å²) in [6, 6.07) is 8.86. The van der Waals surface area contributed by atoms with E-state index in [4.69, 9.17) is 16.9 Å². The highest BCUT2D eigenvalue weighted by Crippen LogP contribution is 2.20. The van der Waals surface area contributed by atoms with Crippen LogP contribution in [-0.2, 0) is 0 Å². The molecule has 2 rings (SSSR count). The number of halogens is 1. The largest absolute Gasteiger partial charge is 0.334 e. The summed E-state index contributed by atoms with van der Waals surface area (Å²) in [4.78, 5) is 12.0. The number of urea groups is 1. The van der Waals surface area contributed by atoms with E-state index in [1.807, 2.05) is 26.0 Å². The van der Waals surface area contributed by atoms with Gasteiger partial charge < -0.3 is 10.6 Å². The first kappa shape index (κ1) is 16.8. The molecule has 0 aliphatic heterocycles. The van der Waals surface area contributed by atoms with Crippen molar-refractivity contribution >= 4 is 23.3 Å². The van der Waals surface area contributed by atoms with Crippen molar-refractivity contribution in [3.63, 3.8) is 0 Å². The first-order chi connectivity index (χ1) is 11.0. The standard InChI is InChI=1S/C16H18ClN5O/c1-3-13(7-8-18)20-16(23)21-15-10-19-22(11(15)2)14-6-4-5-12(17)9-14/h4-6,9-10,13H,3,7H2,1-2H3,(H2,20,21,23)/t13-/m0/s1. The Morgan fingerprint density at radius 3 is 2.96 bits per heavy atom. The molecule has 0 bridgehead atoms. The van der Waals surface area contributed by atoms with Gasteiger partial charge in [-0.3, -0.25) is 0 Å². The van der Waals surface area contributed by atoms with E-state index in [0.29, 0.717) is 17.1 Å². The Morgan fingerprint density at radius 2 is 2.30 bits per heavy atom. The van der Waals surface area contributed by atoms with Crippen LogP contribution in [0.5, 0.6) is 0 Å². The molecule has 7 heteroatoms. The van der Waals surface area contributed by atoms with Gasteiger partial charge in [-0.15, -0.1) is 0 Å². The molecule has 2 aromatic rings. The number of nitrogens with zero attached hydrogens (tertiary/aromatic N) is 3. The summed E-state index contributed by atoms with van der Waals surface area (Å²) in [5, 5.41) is 19.2. The molecule has 1 aromatic carbocycles. The van der Waals surface area contributed by atoms with E-state index < -0.39 is 0 Å². The summed E-state index contributed by atoms with van der Waals surface area (Å²) in [6.07, 6.45) is 2.56. The van der Waals surface area contributed by atoms with Crippen LogP contribution in [0.1, 0.15) is 25.5 Å². The summed E-state index contributed by atoms with van der Waals surface area (Å²) in [7, 11) is 0. The highest BCUT2D eigenvalue weighted by molar-refractivity contribution is 6.30. The zero-order chi connectivity index (χ0) is 16.8. The molecular weight excluding hydrogens is 314 g/mol. The van der Waals surface area contributed by atoms with Gasteiger partial charge in [0.2, 0.25) is 0 Å². The van der Waals surface area contributed by atoms with Crippen molar-refractivity contribution in [2.75, 3.05) is 5.32 Å². The lowest BCUT2D eigenvalue weighted by Crippen LogP contribution is -2.37. The van der Waals surface area contributed by atoms with Crippen LogP contribution in [0.3, 0.4) is 0 Å². The molecule has 0 aliphatic carbocycles. The molecule has 0 saturated carbocycles. The van der Waals surface area contributed by atoms with Crippen LogP contribution in [0.2, 0.25) is 5.02 Å². The number of nitriles is 1. The Labute approximate surface area is 140 Å². The van der Waals surface area contributed by atoms with E-state index in [1.54, 1.807) is 23.0 Å². The number of hydrogen-bond acceptors (Lipinski definition) is 3. The molecule has 0 aliphatic rings. The number of anilines is 1. The molecule has 1 atom stereocenters. The van der Waals surface area contributed by atoms with Gasteiger partial charge in [-0.25, -0.2) is 9.48 Å². The Kier molecular flexibility index (Phi) is 5.61. The number of hydrogen-bond donors (Lipinski definition) is 2. The molecule has 2 N–H and O–H groups in total. The molecule has 0 unspecified atom stereocenters. The number of carbonyl (C=O) groups excluding carboxylic acids is 1. The molecule has 120 valence electrons. The van der Waals surface area contributed by atoms with Gasteiger partial charge in [-0.05, 0) is 31.5 Å². The van der Waals surface area contributed by atoms with Crippen LogP contribution in [0.15, 0.2) is 30.5 Å². The number of benzene rings is 1. The summed E-state index contributed by atoms with van der Waals surface area (Å²) in [5.74, 6) is 0. The van der Waals surface area contributed by atoms with E-state index >= 15 is 0 Å². The third-order valence-corrected chi connectivity index (χ3v) is 3.71. The predicted octanol–water partition coefficient (Wildman–Crippen LogP) is 3.65. The van der Waals surface area contributed by atoms with Crippen molar-refractivity contribution in [1.82, 2.24) is 15.1 Å². The average Bonchev–Trinajstić information content (AvgIpc) is 2.88. The van der Waals surface area contributed by atoms with Gasteiger partial charge in [0.1, 0.15) is 0 Å². The average molecular weight is 332 g/mol. The van der Waals surface area contributed by atoms with Crippen LogP contribution >= 0.6 is 11.6 Å². The van der Waals surface area contributed by atoms with Crippen molar-refractivity contribution in [2.24, 2.45) is 0 Å². The highest BCUT2D eigenvalue weighted by atomic mass is 35.5. The van der Waals surface area contributed by atoms with Crippen molar-refractivity contribution in [3.05, 3.63) is 41.2 Å². The van der Waals surface area contributed by atoms with Crippen molar-refractivity contribution < 1.29 is 4.79 Å². The van der Waals surface area contributed by atoms with Crippen molar-refractivity contribution in [3.8, 4) is 11.8 Å². The number of rotatable bonds is 5. The molecule has 0 spiro atoms. The fraction of sp³-hybridized carbons (Fsp3) is 0.312. The molecule has 23 heavy (non-hydrogen) atoms. The Bertz CT molecular complexity index is 734. The minimum atomic E-state index is -0.346. The summed E-state index contributed by atoms with van der Waals surface area (Å²) in [5.41, 5.74) is 2.21. The van der Waals surface area contributed by atoms with Crippen molar-refractivity contribution in [1.29, 1.82) is 5.26 Å². The lowest BCUT2D eigenvalue weighted by atomic mass is 10.2. The maximum absolute atomic E-state index is 12.0. The minimum absolute atomic E-state index is 0.164. The summed E-state index contributed by atoms with van der Waals surface area (Å²) < 4.78 is 1.70. The van der Waals surface area contributed by atoms with Crippen molar-refractivity contribution in [2.45, 2.75) is 32.7 Å².